The molecule has 8 N–H and O–H groups in total. The lowest BCUT2D eigenvalue weighted by Gasteiger charge is -2.16. The number of nitrogens with two attached hydrogens (primary N) is 2. The summed E-state index contributed by atoms with van der Waals surface area (Å²) in [5.74, 6) is -1.81. The highest BCUT2D eigenvalue weighted by Gasteiger charge is 2.42. The molecule has 0 spiro atoms. The summed E-state index contributed by atoms with van der Waals surface area (Å²) in [6.45, 7) is 0.599. The number of fused-ring (bicyclic) bond motifs is 1. The minimum absolute atomic E-state index is 0.0600. The second-order valence-electron chi connectivity index (χ2n) is 9.11. The number of carbonyl (C=O) groups is 4. The van der Waals surface area contributed by atoms with E-state index in [-0.39, 0.29) is 29.8 Å². The van der Waals surface area contributed by atoms with Gasteiger partial charge in [-0.15, -0.1) is 0 Å². The molecule has 2 heterocycles. The molecule has 0 bridgehead atoms. The molecule has 2 saturated heterocycles. The van der Waals surface area contributed by atoms with E-state index < -0.39 is 18.2 Å². The van der Waals surface area contributed by atoms with Gasteiger partial charge < -0.3 is 32.5 Å². The number of alkyl halides is 3. The van der Waals surface area contributed by atoms with Gasteiger partial charge in [-0.05, 0) is 56.4 Å². The van der Waals surface area contributed by atoms with Gasteiger partial charge in [-0.2, -0.15) is 24.9 Å². The molecule has 2 aliphatic heterocycles. The average molecular weight is 562 g/mol. The Bertz CT molecular complexity index is 964. The van der Waals surface area contributed by atoms with Crippen LogP contribution in [0.15, 0.2) is 24.3 Å². The Morgan fingerprint density at radius 2 is 1.76 bits per heavy atom. The Morgan fingerprint density at radius 3 is 2.39 bits per heavy atom. The molecule has 0 saturated carbocycles. The van der Waals surface area contributed by atoms with E-state index >= 15 is 0 Å². The van der Waals surface area contributed by atoms with Crippen molar-refractivity contribution in [3.05, 3.63) is 29.8 Å². The van der Waals surface area contributed by atoms with Gasteiger partial charge in [-0.25, -0.2) is 9.59 Å². The molecule has 1 aromatic carbocycles. The van der Waals surface area contributed by atoms with Crippen molar-refractivity contribution in [1.82, 2.24) is 16.0 Å². The highest BCUT2D eigenvalue weighted by molar-refractivity contribution is 8.00. The standard InChI is InChI=1S/C22H33N5O3S.C2HF3O2/c23-15-10-8-14(9-11-15)21(29)16(24)5-3-4-12-25-19(28)7-2-1-6-18-20-17(13-31-18)26-22(30)27-20;3-2(4,5)1(6)7/h8-11,16-18,20H,1-7,12-13,23-24H2,(H,25,28)(H2,26,27,30);(H,6,7)/t16-,17+,18+,20+;/m1./s1. The molecule has 4 atom stereocenters. The van der Waals surface area contributed by atoms with Crippen molar-refractivity contribution >= 4 is 41.1 Å². The number of Topliss-reactive ketones (excluding diaryl/α,β-unsaturated/α-hetero) is 1. The fourth-order valence-electron chi connectivity index (χ4n) is 4.07. The zero-order chi connectivity index (χ0) is 28.3. The number of amides is 3. The molecule has 38 heavy (non-hydrogen) atoms. The second-order valence-corrected chi connectivity index (χ2v) is 10.4. The number of hydrogen-bond donors (Lipinski definition) is 6. The Balaban J connectivity index is 0.000000638. The van der Waals surface area contributed by atoms with Crippen LogP contribution in [0.3, 0.4) is 0 Å². The lowest BCUT2D eigenvalue weighted by molar-refractivity contribution is -0.192. The van der Waals surface area contributed by atoms with Gasteiger partial charge >= 0.3 is 18.2 Å². The Kier molecular flexibility index (Phi) is 12.2. The number of aliphatic carboxylic acids is 1. The van der Waals surface area contributed by atoms with E-state index in [0.717, 1.165) is 37.9 Å². The van der Waals surface area contributed by atoms with Crippen molar-refractivity contribution < 1.29 is 37.5 Å². The summed E-state index contributed by atoms with van der Waals surface area (Å²) in [6.07, 6.45) is 0.444. The van der Waals surface area contributed by atoms with E-state index in [9.17, 15) is 27.6 Å². The van der Waals surface area contributed by atoms with Gasteiger partial charge in [-0.3, -0.25) is 9.59 Å². The van der Waals surface area contributed by atoms with Gasteiger partial charge in [0, 0.05) is 35.2 Å². The Morgan fingerprint density at radius 1 is 1.11 bits per heavy atom. The van der Waals surface area contributed by atoms with E-state index in [4.69, 9.17) is 21.4 Å². The van der Waals surface area contributed by atoms with E-state index in [1.807, 2.05) is 11.8 Å². The number of nitrogens with one attached hydrogen (secondary N) is 3. The number of ketones is 1. The largest absolute Gasteiger partial charge is 0.490 e. The lowest BCUT2D eigenvalue weighted by Crippen LogP contribution is -2.36. The molecule has 0 aromatic heterocycles. The van der Waals surface area contributed by atoms with Gasteiger partial charge in [0.25, 0.3) is 0 Å². The molecule has 3 amide bonds. The third-order valence-electron chi connectivity index (χ3n) is 6.12. The van der Waals surface area contributed by atoms with Gasteiger partial charge in [-0.1, -0.05) is 6.42 Å². The zero-order valence-electron chi connectivity index (χ0n) is 20.8. The molecular weight excluding hydrogens is 527 g/mol. The monoisotopic (exact) mass is 561 g/mol. The molecule has 0 unspecified atom stereocenters. The summed E-state index contributed by atoms with van der Waals surface area (Å²) in [5.41, 5.74) is 12.8. The lowest BCUT2D eigenvalue weighted by atomic mass is 10.00. The quantitative estimate of drug-likeness (QED) is 0.0975. The molecule has 212 valence electrons. The molecular formula is C24H34F3N5O5S. The summed E-state index contributed by atoms with van der Waals surface area (Å²) in [5, 5.41) is 16.4. The first kappa shape index (κ1) is 31.2. The number of hydrogen-bond acceptors (Lipinski definition) is 7. The minimum Gasteiger partial charge on any atom is -0.475 e. The number of carboxylic acid groups (broad SMARTS) is 1. The third-order valence-corrected chi connectivity index (χ3v) is 7.63. The molecule has 0 aliphatic carbocycles. The van der Waals surface area contributed by atoms with E-state index in [1.165, 1.54) is 0 Å². The summed E-state index contributed by atoms with van der Waals surface area (Å²) >= 11 is 1.90. The Labute approximate surface area is 222 Å². The van der Waals surface area contributed by atoms with Crippen LogP contribution in [0.2, 0.25) is 0 Å². The van der Waals surface area contributed by atoms with Crippen LogP contribution in [0.5, 0.6) is 0 Å². The van der Waals surface area contributed by atoms with Crippen LogP contribution in [0.1, 0.15) is 55.3 Å². The maximum Gasteiger partial charge on any atom is 0.490 e. The molecule has 14 heteroatoms. The molecule has 2 aliphatic rings. The normalized spacial score (nSPS) is 20.8. The summed E-state index contributed by atoms with van der Waals surface area (Å²) in [4.78, 5) is 44.6. The summed E-state index contributed by atoms with van der Waals surface area (Å²) < 4.78 is 31.7. The van der Waals surface area contributed by atoms with Crippen LogP contribution < -0.4 is 27.4 Å². The summed E-state index contributed by atoms with van der Waals surface area (Å²) in [6, 6.07) is 6.67. The minimum atomic E-state index is -5.08. The average Bonchev–Trinajstić information content (AvgIpc) is 3.40. The summed E-state index contributed by atoms with van der Waals surface area (Å²) in [7, 11) is 0. The first-order valence-corrected chi connectivity index (χ1v) is 13.3. The van der Waals surface area contributed by atoms with Crippen molar-refractivity contribution in [1.29, 1.82) is 0 Å². The van der Waals surface area contributed by atoms with Crippen molar-refractivity contribution in [3.63, 3.8) is 0 Å². The number of halogens is 3. The number of urea groups is 1. The van der Waals surface area contributed by atoms with Crippen LogP contribution in [0, 0.1) is 0 Å². The highest BCUT2D eigenvalue weighted by atomic mass is 32.2. The van der Waals surface area contributed by atoms with Crippen LogP contribution in [0.25, 0.3) is 0 Å². The van der Waals surface area contributed by atoms with E-state index in [1.54, 1.807) is 24.3 Å². The van der Waals surface area contributed by atoms with Crippen LogP contribution in [-0.2, 0) is 9.59 Å². The van der Waals surface area contributed by atoms with Gasteiger partial charge in [0.1, 0.15) is 0 Å². The number of thioether (sulfide) groups is 1. The molecule has 3 rings (SSSR count). The first-order valence-electron chi connectivity index (χ1n) is 12.3. The fourth-order valence-corrected chi connectivity index (χ4v) is 5.62. The number of benzene rings is 1. The predicted octanol–water partition coefficient (Wildman–Crippen LogP) is 2.42. The van der Waals surface area contributed by atoms with Gasteiger partial charge in [0.05, 0.1) is 18.1 Å². The third kappa shape index (κ3) is 10.4. The van der Waals surface area contributed by atoms with Gasteiger partial charge in [0.2, 0.25) is 5.91 Å². The molecule has 2 fully saturated rings. The number of anilines is 1. The van der Waals surface area contributed by atoms with Crippen molar-refractivity contribution in [2.75, 3.05) is 18.0 Å². The number of nitrogen functional groups attached to an aromatic ring is 1. The molecule has 1 aromatic rings. The van der Waals surface area contributed by atoms with Crippen LogP contribution in [0.4, 0.5) is 23.7 Å². The number of carboxylic acids is 1. The number of carbonyl (C=O) groups excluding carboxylic acids is 3. The SMILES string of the molecule is Nc1ccc(C(=O)[C@H](N)CCCCNC(=O)CCCC[C@@H]2SC[C@@H]3NC(=O)N[C@@H]32)cc1.O=C(O)C(F)(F)F. The number of unbranched alkanes of at least 4 members (excludes halogenated alkanes) is 2. The van der Waals surface area contributed by atoms with Crippen molar-refractivity contribution in [3.8, 4) is 0 Å². The molecule has 10 nitrogen and oxygen atoms in total. The van der Waals surface area contributed by atoms with Crippen molar-refractivity contribution in [2.45, 2.75) is 74.5 Å². The van der Waals surface area contributed by atoms with Crippen molar-refractivity contribution in [2.24, 2.45) is 5.73 Å². The van der Waals surface area contributed by atoms with E-state index in [2.05, 4.69) is 16.0 Å². The number of rotatable bonds is 12. The zero-order valence-corrected chi connectivity index (χ0v) is 21.6. The molecule has 0 radical (unpaired) electrons. The predicted molar refractivity (Wildman–Crippen MR) is 138 cm³/mol. The van der Waals surface area contributed by atoms with Crippen LogP contribution >= 0.6 is 11.8 Å². The maximum absolute atomic E-state index is 12.3. The first-order chi connectivity index (χ1) is 17.9. The van der Waals surface area contributed by atoms with E-state index in [0.29, 0.717) is 35.9 Å². The Hall–Kier alpha value is -3.00. The van der Waals surface area contributed by atoms with Gasteiger partial charge in [0.15, 0.2) is 5.78 Å². The topological polar surface area (TPSA) is 177 Å². The maximum atomic E-state index is 12.3. The highest BCUT2D eigenvalue weighted by Crippen LogP contribution is 2.33. The fraction of sp³-hybridized carbons (Fsp3) is 0.583. The van der Waals surface area contributed by atoms with Crippen LogP contribution in [-0.4, -0.2) is 70.6 Å². The second kappa shape index (κ2) is 14.8. The smallest absolute Gasteiger partial charge is 0.475 e.